The Morgan fingerprint density at radius 3 is 2.53 bits per heavy atom. The fraction of sp³-hybridized carbons (Fsp3) is 0.889. The van der Waals surface area contributed by atoms with Gasteiger partial charge < -0.3 is 20.8 Å². The lowest BCUT2D eigenvalue weighted by Gasteiger charge is -2.19. The molecule has 1 saturated heterocycles. The number of aliphatic hydroxyl groups is 2. The van der Waals surface area contributed by atoms with Gasteiger partial charge in [0.1, 0.15) is 0 Å². The minimum absolute atomic E-state index is 0.181. The quantitative estimate of drug-likeness (QED) is 0.559. The third kappa shape index (κ3) is 3.34. The standard InChI is InChI=1S/C9H18N2O3S/c1-15-3-2-6(10)9(14)11-4-7(12)8(13)5-11/h6-8,12-13H,2-5,10H2,1H3/t6-,7-,8+/m0/s1. The van der Waals surface area contributed by atoms with Crippen LogP contribution >= 0.6 is 11.8 Å². The molecule has 3 atom stereocenters. The van der Waals surface area contributed by atoms with Crippen LogP contribution in [0.25, 0.3) is 0 Å². The minimum atomic E-state index is -0.832. The number of hydrogen-bond acceptors (Lipinski definition) is 5. The number of likely N-dealkylation sites (tertiary alicyclic amines) is 1. The molecule has 88 valence electrons. The van der Waals surface area contributed by atoms with Gasteiger partial charge in [-0.25, -0.2) is 0 Å². The average molecular weight is 234 g/mol. The Labute approximate surface area is 93.6 Å². The first kappa shape index (κ1) is 12.8. The zero-order chi connectivity index (χ0) is 11.4. The zero-order valence-electron chi connectivity index (χ0n) is 8.80. The first-order chi connectivity index (χ1) is 7.06. The summed E-state index contributed by atoms with van der Waals surface area (Å²) < 4.78 is 0. The molecule has 1 heterocycles. The lowest BCUT2D eigenvalue weighted by molar-refractivity contribution is -0.132. The van der Waals surface area contributed by atoms with Crippen LogP contribution in [-0.2, 0) is 4.79 Å². The van der Waals surface area contributed by atoms with Crippen LogP contribution in [0.15, 0.2) is 0 Å². The van der Waals surface area contributed by atoms with Crippen LogP contribution in [0.1, 0.15) is 6.42 Å². The van der Waals surface area contributed by atoms with Gasteiger partial charge in [0.15, 0.2) is 0 Å². The molecule has 1 amide bonds. The third-order valence-corrected chi connectivity index (χ3v) is 3.16. The van der Waals surface area contributed by atoms with Crippen molar-refractivity contribution >= 4 is 17.7 Å². The number of hydrogen-bond donors (Lipinski definition) is 3. The molecule has 0 aromatic carbocycles. The molecule has 0 aromatic rings. The molecule has 6 heteroatoms. The van der Waals surface area contributed by atoms with Crippen molar-refractivity contribution in [3.63, 3.8) is 0 Å². The van der Waals surface area contributed by atoms with Crippen molar-refractivity contribution in [1.82, 2.24) is 4.90 Å². The summed E-state index contributed by atoms with van der Waals surface area (Å²) in [7, 11) is 0. The van der Waals surface area contributed by atoms with Gasteiger partial charge in [-0.3, -0.25) is 4.79 Å². The smallest absolute Gasteiger partial charge is 0.239 e. The van der Waals surface area contributed by atoms with E-state index in [2.05, 4.69) is 0 Å². The van der Waals surface area contributed by atoms with Gasteiger partial charge in [-0.2, -0.15) is 11.8 Å². The van der Waals surface area contributed by atoms with Crippen molar-refractivity contribution < 1.29 is 15.0 Å². The maximum atomic E-state index is 11.7. The number of amides is 1. The number of carbonyl (C=O) groups excluding carboxylic acids is 1. The van der Waals surface area contributed by atoms with E-state index >= 15 is 0 Å². The van der Waals surface area contributed by atoms with E-state index in [-0.39, 0.29) is 19.0 Å². The van der Waals surface area contributed by atoms with Crippen molar-refractivity contribution in [2.45, 2.75) is 24.7 Å². The number of β-amino-alcohol motifs (C(OH)–C–C–N with tert-alkyl or cyclic N) is 2. The van der Waals surface area contributed by atoms with E-state index in [0.29, 0.717) is 6.42 Å². The summed E-state index contributed by atoms with van der Waals surface area (Å²) in [5.74, 6) is 0.658. The molecule has 0 unspecified atom stereocenters. The summed E-state index contributed by atoms with van der Waals surface area (Å²) in [6, 6.07) is -0.519. The summed E-state index contributed by atoms with van der Waals surface area (Å²) in [5, 5.41) is 18.6. The largest absolute Gasteiger partial charge is 0.388 e. The van der Waals surface area contributed by atoms with Gasteiger partial charge in [0.05, 0.1) is 18.2 Å². The fourth-order valence-corrected chi connectivity index (χ4v) is 2.04. The first-order valence-electron chi connectivity index (χ1n) is 4.95. The zero-order valence-corrected chi connectivity index (χ0v) is 9.61. The van der Waals surface area contributed by atoms with E-state index in [1.807, 2.05) is 6.26 Å². The third-order valence-electron chi connectivity index (χ3n) is 2.52. The molecule has 0 aromatic heterocycles. The van der Waals surface area contributed by atoms with Crippen LogP contribution in [0, 0.1) is 0 Å². The second-order valence-electron chi connectivity index (χ2n) is 3.77. The van der Waals surface area contributed by atoms with Crippen LogP contribution in [0.4, 0.5) is 0 Å². The minimum Gasteiger partial charge on any atom is -0.388 e. The second-order valence-corrected chi connectivity index (χ2v) is 4.75. The highest BCUT2D eigenvalue weighted by Crippen LogP contribution is 2.12. The highest BCUT2D eigenvalue weighted by atomic mass is 32.2. The second kappa shape index (κ2) is 5.69. The van der Waals surface area contributed by atoms with Crippen LogP contribution in [-0.4, -0.2) is 64.4 Å². The Morgan fingerprint density at radius 2 is 2.07 bits per heavy atom. The Balaban J connectivity index is 2.40. The number of nitrogens with two attached hydrogens (primary N) is 1. The van der Waals surface area contributed by atoms with Gasteiger partial charge in [-0.1, -0.05) is 0 Å². The fourth-order valence-electron chi connectivity index (χ4n) is 1.55. The van der Waals surface area contributed by atoms with Gasteiger partial charge in [-0.05, 0) is 18.4 Å². The molecule has 0 spiro atoms. The molecular weight excluding hydrogens is 216 g/mol. The van der Waals surface area contributed by atoms with Crippen LogP contribution < -0.4 is 5.73 Å². The van der Waals surface area contributed by atoms with Crippen molar-refractivity contribution in [3.8, 4) is 0 Å². The maximum absolute atomic E-state index is 11.7. The van der Waals surface area contributed by atoms with Gasteiger partial charge >= 0.3 is 0 Å². The Hall–Kier alpha value is -0.300. The molecule has 0 bridgehead atoms. The summed E-state index contributed by atoms with van der Waals surface area (Å²) in [6.45, 7) is 0.375. The molecule has 4 N–H and O–H groups in total. The molecule has 1 rings (SSSR count). The van der Waals surface area contributed by atoms with Crippen LogP contribution in [0.5, 0.6) is 0 Å². The topological polar surface area (TPSA) is 86.8 Å². The van der Waals surface area contributed by atoms with E-state index < -0.39 is 18.2 Å². The number of rotatable bonds is 4. The Morgan fingerprint density at radius 1 is 1.53 bits per heavy atom. The van der Waals surface area contributed by atoms with E-state index in [4.69, 9.17) is 5.73 Å². The van der Waals surface area contributed by atoms with Crippen LogP contribution in [0.2, 0.25) is 0 Å². The summed E-state index contributed by atoms with van der Waals surface area (Å²) in [5.41, 5.74) is 5.71. The lowest BCUT2D eigenvalue weighted by atomic mass is 10.2. The Bertz CT molecular complexity index is 217. The molecule has 15 heavy (non-hydrogen) atoms. The van der Waals surface area contributed by atoms with E-state index in [9.17, 15) is 15.0 Å². The highest BCUT2D eigenvalue weighted by Gasteiger charge is 2.34. The molecule has 0 radical (unpaired) electrons. The monoisotopic (exact) mass is 234 g/mol. The van der Waals surface area contributed by atoms with Crippen molar-refractivity contribution in [2.75, 3.05) is 25.1 Å². The molecule has 0 saturated carbocycles. The molecule has 1 fully saturated rings. The van der Waals surface area contributed by atoms with Crippen molar-refractivity contribution in [1.29, 1.82) is 0 Å². The first-order valence-corrected chi connectivity index (χ1v) is 6.35. The SMILES string of the molecule is CSCC[C@H](N)C(=O)N1C[C@@H](O)[C@@H](O)C1. The normalized spacial score (nSPS) is 28.1. The molecule has 1 aliphatic rings. The number of aliphatic hydroxyl groups excluding tert-OH is 2. The summed E-state index contributed by atoms with van der Waals surface area (Å²) >= 11 is 1.64. The van der Waals surface area contributed by atoms with Crippen molar-refractivity contribution in [2.24, 2.45) is 5.73 Å². The molecular formula is C9H18N2O3S. The van der Waals surface area contributed by atoms with Gasteiger partial charge in [0.25, 0.3) is 0 Å². The summed E-state index contributed by atoms with van der Waals surface area (Å²) in [4.78, 5) is 13.1. The van der Waals surface area contributed by atoms with Crippen LogP contribution in [0.3, 0.4) is 0 Å². The predicted molar refractivity (Wildman–Crippen MR) is 59.6 cm³/mol. The maximum Gasteiger partial charge on any atom is 0.239 e. The number of carbonyl (C=O) groups is 1. The van der Waals surface area contributed by atoms with Gasteiger partial charge in [0, 0.05) is 13.1 Å². The summed E-state index contributed by atoms with van der Waals surface area (Å²) in [6.07, 6.45) is 0.923. The lowest BCUT2D eigenvalue weighted by Crippen LogP contribution is -2.43. The molecule has 1 aliphatic heterocycles. The molecule has 0 aliphatic carbocycles. The van der Waals surface area contributed by atoms with E-state index in [1.54, 1.807) is 11.8 Å². The average Bonchev–Trinajstić information content (AvgIpc) is 2.54. The van der Waals surface area contributed by atoms with Gasteiger partial charge in [-0.15, -0.1) is 0 Å². The highest BCUT2D eigenvalue weighted by molar-refractivity contribution is 7.98. The number of nitrogens with zero attached hydrogens (tertiary/aromatic N) is 1. The van der Waals surface area contributed by atoms with Crippen molar-refractivity contribution in [3.05, 3.63) is 0 Å². The van der Waals surface area contributed by atoms with Gasteiger partial charge in [0.2, 0.25) is 5.91 Å². The number of thioether (sulfide) groups is 1. The molecule has 5 nitrogen and oxygen atoms in total. The van der Waals surface area contributed by atoms with E-state index in [0.717, 1.165) is 5.75 Å². The predicted octanol–water partition coefficient (Wildman–Crippen LogP) is -1.37. The Kier molecular flexibility index (Phi) is 4.85. The van der Waals surface area contributed by atoms with E-state index in [1.165, 1.54) is 4.90 Å².